The second kappa shape index (κ2) is 6.45. The van der Waals surface area contributed by atoms with E-state index in [4.69, 9.17) is 4.52 Å². The SMILES string of the molecule is O=C(Nc1cc(-c2ccccc2)nn1-c1ccccc1)c1ccno1. The van der Waals surface area contributed by atoms with Gasteiger partial charge in [-0.3, -0.25) is 4.79 Å². The van der Waals surface area contributed by atoms with Crippen LogP contribution in [0.1, 0.15) is 10.6 Å². The van der Waals surface area contributed by atoms with Crippen LogP contribution in [0, 0.1) is 0 Å². The van der Waals surface area contributed by atoms with Crippen molar-refractivity contribution < 1.29 is 9.32 Å². The van der Waals surface area contributed by atoms with Crippen LogP contribution in [0.3, 0.4) is 0 Å². The molecule has 1 N–H and O–H groups in total. The molecule has 0 aliphatic heterocycles. The predicted molar refractivity (Wildman–Crippen MR) is 93.5 cm³/mol. The van der Waals surface area contributed by atoms with Crippen molar-refractivity contribution in [1.82, 2.24) is 14.9 Å². The highest BCUT2D eigenvalue weighted by molar-refractivity contribution is 6.02. The molecule has 4 aromatic rings. The summed E-state index contributed by atoms with van der Waals surface area (Å²) in [5, 5.41) is 11.0. The first kappa shape index (κ1) is 14.9. The molecule has 0 spiro atoms. The van der Waals surface area contributed by atoms with Crippen molar-refractivity contribution in [3.05, 3.63) is 84.8 Å². The number of nitrogens with zero attached hydrogens (tertiary/aromatic N) is 3. The van der Waals surface area contributed by atoms with Crippen molar-refractivity contribution in [2.45, 2.75) is 0 Å². The molecule has 2 heterocycles. The highest BCUT2D eigenvalue weighted by atomic mass is 16.5. The van der Waals surface area contributed by atoms with Gasteiger partial charge in [0.1, 0.15) is 5.82 Å². The monoisotopic (exact) mass is 330 g/mol. The molecule has 0 bridgehead atoms. The topological polar surface area (TPSA) is 73.0 Å². The lowest BCUT2D eigenvalue weighted by atomic mass is 10.1. The summed E-state index contributed by atoms with van der Waals surface area (Å²) < 4.78 is 6.60. The van der Waals surface area contributed by atoms with Crippen LogP contribution in [0.25, 0.3) is 16.9 Å². The molecule has 25 heavy (non-hydrogen) atoms. The van der Waals surface area contributed by atoms with Gasteiger partial charge in [0.15, 0.2) is 0 Å². The minimum Gasteiger partial charge on any atom is -0.351 e. The molecule has 0 radical (unpaired) electrons. The van der Waals surface area contributed by atoms with E-state index >= 15 is 0 Å². The molecule has 2 aromatic heterocycles. The third-order valence-electron chi connectivity index (χ3n) is 3.68. The van der Waals surface area contributed by atoms with Crippen LogP contribution in [0.15, 0.2) is 83.5 Å². The molecule has 122 valence electrons. The molecule has 0 saturated heterocycles. The highest BCUT2D eigenvalue weighted by Gasteiger charge is 2.16. The van der Waals surface area contributed by atoms with Crippen LogP contribution in [-0.2, 0) is 0 Å². The van der Waals surface area contributed by atoms with Crippen LogP contribution in [0.2, 0.25) is 0 Å². The smallest absolute Gasteiger partial charge is 0.295 e. The molecule has 0 unspecified atom stereocenters. The number of carbonyl (C=O) groups excluding carboxylic acids is 1. The average Bonchev–Trinajstić information content (AvgIpc) is 3.33. The summed E-state index contributed by atoms with van der Waals surface area (Å²) in [4.78, 5) is 12.3. The second-order valence-electron chi connectivity index (χ2n) is 5.36. The minimum atomic E-state index is -0.380. The number of carbonyl (C=O) groups is 1. The van der Waals surface area contributed by atoms with Gasteiger partial charge in [-0.25, -0.2) is 4.68 Å². The minimum absolute atomic E-state index is 0.141. The molecule has 4 rings (SSSR count). The van der Waals surface area contributed by atoms with Gasteiger partial charge in [0, 0.05) is 17.7 Å². The maximum Gasteiger partial charge on any atom is 0.295 e. The van der Waals surface area contributed by atoms with E-state index in [9.17, 15) is 4.79 Å². The number of hydrogen-bond donors (Lipinski definition) is 1. The molecule has 1 amide bonds. The van der Waals surface area contributed by atoms with Gasteiger partial charge >= 0.3 is 0 Å². The van der Waals surface area contributed by atoms with Gasteiger partial charge in [-0.2, -0.15) is 5.10 Å². The molecule has 0 aliphatic rings. The molecule has 2 aromatic carbocycles. The molecule has 0 fully saturated rings. The molecule has 0 atom stereocenters. The molecule has 6 nitrogen and oxygen atoms in total. The van der Waals surface area contributed by atoms with Gasteiger partial charge in [-0.15, -0.1) is 0 Å². The normalized spacial score (nSPS) is 10.6. The van der Waals surface area contributed by atoms with Crippen molar-refractivity contribution in [1.29, 1.82) is 0 Å². The Morgan fingerprint density at radius 2 is 1.68 bits per heavy atom. The lowest BCUT2D eigenvalue weighted by Gasteiger charge is -2.07. The Hall–Kier alpha value is -3.67. The molecule has 6 heteroatoms. The zero-order chi connectivity index (χ0) is 17.1. The fourth-order valence-electron chi connectivity index (χ4n) is 2.50. The van der Waals surface area contributed by atoms with Crippen LogP contribution < -0.4 is 5.32 Å². The van der Waals surface area contributed by atoms with E-state index in [1.54, 1.807) is 4.68 Å². The number of anilines is 1. The maximum absolute atomic E-state index is 12.3. The second-order valence-corrected chi connectivity index (χ2v) is 5.36. The average molecular weight is 330 g/mol. The Morgan fingerprint density at radius 1 is 0.960 bits per heavy atom. The first-order valence-electron chi connectivity index (χ1n) is 7.74. The van der Waals surface area contributed by atoms with E-state index in [-0.39, 0.29) is 11.7 Å². The Bertz CT molecular complexity index is 977. The van der Waals surface area contributed by atoms with Crippen molar-refractivity contribution in [2.75, 3.05) is 5.32 Å². The van der Waals surface area contributed by atoms with Crippen LogP contribution in [-0.4, -0.2) is 20.8 Å². The van der Waals surface area contributed by atoms with Gasteiger partial charge < -0.3 is 9.84 Å². The number of amides is 1. The molecule has 0 saturated carbocycles. The zero-order valence-corrected chi connectivity index (χ0v) is 13.2. The lowest BCUT2D eigenvalue weighted by Crippen LogP contribution is -2.14. The molecular formula is C19H14N4O2. The number of rotatable bonds is 4. The van der Waals surface area contributed by atoms with Crippen LogP contribution in [0.5, 0.6) is 0 Å². The first-order valence-corrected chi connectivity index (χ1v) is 7.74. The van der Waals surface area contributed by atoms with Gasteiger partial charge in [0.2, 0.25) is 5.76 Å². The van der Waals surface area contributed by atoms with E-state index in [1.807, 2.05) is 66.7 Å². The Morgan fingerprint density at radius 3 is 2.36 bits per heavy atom. The lowest BCUT2D eigenvalue weighted by molar-refractivity contribution is 0.0987. The third-order valence-corrected chi connectivity index (χ3v) is 3.68. The van der Waals surface area contributed by atoms with Gasteiger partial charge in [-0.1, -0.05) is 53.7 Å². The van der Waals surface area contributed by atoms with Crippen molar-refractivity contribution in [3.8, 4) is 16.9 Å². The summed E-state index contributed by atoms with van der Waals surface area (Å²) in [5.41, 5.74) is 2.57. The number of aromatic nitrogens is 3. The molecular weight excluding hydrogens is 316 g/mol. The highest BCUT2D eigenvalue weighted by Crippen LogP contribution is 2.25. The van der Waals surface area contributed by atoms with E-state index in [0.717, 1.165) is 16.9 Å². The maximum atomic E-state index is 12.3. The fourth-order valence-corrected chi connectivity index (χ4v) is 2.50. The Kier molecular flexibility index (Phi) is 3.84. The summed E-state index contributed by atoms with van der Waals surface area (Å²) >= 11 is 0. The summed E-state index contributed by atoms with van der Waals surface area (Å²) in [5.74, 6) is 0.308. The summed E-state index contributed by atoms with van der Waals surface area (Å²) in [6.45, 7) is 0. The van der Waals surface area contributed by atoms with E-state index in [2.05, 4.69) is 15.6 Å². The quantitative estimate of drug-likeness (QED) is 0.618. The van der Waals surface area contributed by atoms with Gasteiger partial charge in [-0.05, 0) is 12.1 Å². The van der Waals surface area contributed by atoms with Crippen molar-refractivity contribution in [3.63, 3.8) is 0 Å². The fraction of sp³-hybridized carbons (Fsp3) is 0. The van der Waals surface area contributed by atoms with Gasteiger partial charge in [0.05, 0.1) is 17.6 Å². The Balaban J connectivity index is 1.76. The Labute approximate surface area is 143 Å². The number of benzene rings is 2. The predicted octanol–water partition coefficient (Wildman–Crippen LogP) is 3.78. The number of para-hydroxylation sites is 1. The standard InChI is InChI=1S/C19H14N4O2/c24-19(17-11-12-20-25-17)21-18-13-16(14-7-3-1-4-8-14)22-23(18)15-9-5-2-6-10-15/h1-13H,(H,21,24). The number of hydrogen-bond acceptors (Lipinski definition) is 4. The summed E-state index contributed by atoms with van der Waals surface area (Å²) in [6, 6.07) is 22.7. The van der Waals surface area contributed by atoms with Crippen LogP contribution >= 0.6 is 0 Å². The zero-order valence-electron chi connectivity index (χ0n) is 13.2. The van der Waals surface area contributed by atoms with Crippen molar-refractivity contribution >= 4 is 11.7 Å². The summed E-state index contributed by atoms with van der Waals surface area (Å²) in [7, 11) is 0. The largest absolute Gasteiger partial charge is 0.351 e. The molecule has 0 aliphatic carbocycles. The third kappa shape index (κ3) is 3.05. The van der Waals surface area contributed by atoms with E-state index in [0.29, 0.717) is 5.82 Å². The van der Waals surface area contributed by atoms with E-state index < -0.39 is 0 Å². The number of nitrogens with one attached hydrogen (secondary N) is 1. The summed E-state index contributed by atoms with van der Waals surface area (Å²) in [6.07, 6.45) is 1.43. The van der Waals surface area contributed by atoms with Crippen molar-refractivity contribution in [2.24, 2.45) is 0 Å². The first-order chi connectivity index (χ1) is 12.3. The van der Waals surface area contributed by atoms with E-state index in [1.165, 1.54) is 12.3 Å². The van der Waals surface area contributed by atoms with Crippen LogP contribution in [0.4, 0.5) is 5.82 Å². The van der Waals surface area contributed by atoms with Gasteiger partial charge in [0.25, 0.3) is 5.91 Å².